The Morgan fingerprint density at radius 2 is 1.92 bits per heavy atom. The lowest BCUT2D eigenvalue weighted by molar-refractivity contribution is -0.106. The van der Waals surface area contributed by atoms with Gasteiger partial charge in [0, 0.05) is 10.3 Å². The van der Waals surface area contributed by atoms with Gasteiger partial charge in [-0.3, -0.25) is 4.79 Å². The van der Waals surface area contributed by atoms with Crippen LogP contribution in [0.4, 0.5) is 4.79 Å². The molecule has 0 unspecified atom stereocenters. The molecule has 1 aromatic heterocycles. The molecule has 0 aliphatic rings. The Kier molecular flexibility index (Phi) is 7.34. The number of carbonyl (C=O) groups excluding carboxylic acids is 2. The van der Waals surface area contributed by atoms with Crippen LogP contribution in [0.15, 0.2) is 40.6 Å². The number of nitrogens with two attached hydrogens (primary N) is 2. The highest BCUT2D eigenvalue weighted by atomic mass is 32.2. The van der Waals surface area contributed by atoms with Crippen molar-refractivity contribution in [3.63, 3.8) is 0 Å². The van der Waals surface area contributed by atoms with Crippen molar-refractivity contribution in [1.29, 1.82) is 0 Å². The molecule has 0 spiro atoms. The first kappa shape index (κ1) is 21.7. The summed E-state index contributed by atoms with van der Waals surface area (Å²) < 4.78 is 24.9. The molecule has 3 amide bonds. The fourth-order valence-electron chi connectivity index (χ4n) is 2.34. The molecule has 26 heavy (non-hydrogen) atoms. The number of hydrogen-bond donors (Lipinski definition) is 3. The number of sulfone groups is 1. The number of urea groups is 1. The normalized spacial score (nSPS) is 11.2. The molecule has 0 radical (unpaired) electrons. The number of aryl methyl sites for hydroxylation is 1. The van der Waals surface area contributed by atoms with Gasteiger partial charge in [-0.15, -0.1) is 11.3 Å². The Balaban J connectivity index is 0.00000105. The van der Waals surface area contributed by atoms with E-state index in [0.717, 1.165) is 10.4 Å². The molecule has 0 atom stereocenters. The van der Waals surface area contributed by atoms with Crippen LogP contribution in [0, 0.1) is 6.92 Å². The van der Waals surface area contributed by atoms with E-state index in [-0.39, 0.29) is 16.7 Å². The summed E-state index contributed by atoms with van der Waals surface area (Å²) in [6, 6.07) is 8.57. The maximum Gasteiger partial charge on any atom is 0.313 e. The molecule has 1 aromatic carbocycles. The standard InChI is InChI=1S/C16H20N2O3S2.CH3NO/c1-11-6-7-12(16(2,3)14-5-4-8-22-14)9-13(11)23(20,21)10-18-15(17)19;2-1-3/h4-9H,10H2,1-3H3,(H3,17,18,19);1H,(H2,2,3). The molecule has 0 aliphatic heterocycles. The van der Waals surface area contributed by atoms with Crippen LogP contribution in [0.25, 0.3) is 0 Å². The second kappa shape index (κ2) is 8.81. The molecular weight excluding hydrogens is 374 g/mol. The first-order valence-electron chi connectivity index (χ1n) is 7.62. The van der Waals surface area contributed by atoms with Crippen molar-refractivity contribution in [1.82, 2.24) is 5.32 Å². The topological polar surface area (TPSA) is 132 Å². The predicted octanol–water partition coefficient (Wildman–Crippen LogP) is 1.88. The summed E-state index contributed by atoms with van der Waals surface area (Å²) in [5.74, 6) is -0.508. The molecule has 2 aromatic rings. The SMILES string of the molecule is Cc1ccc(C(C)(C)c2cccs2)cc1S(=O)(=O)CNC(N)=O.NC=O. The monoisotopic (exact) mass is 397 g/mol. The van der Waals surface area contributed by atoms with E-state index in [0.29, 0.717) is 5.56 Å². The minimum Gasteiger partial charge on any atom is -0.372 e. The van der Waals surface area contributed by atoms with Gasteiger partial charge in [0.25, 0.3) is 0 Å². The number of nitrogens with one attached hydrogen (secondary N) is 1. The van der Waals surface area contributed by atoms with Crippen molar-refractivity contribution < 1.29 is 18.0 Å². The number of rotatable bonds is 5. The summed E-state index contributed by atoms with van der Waals surface area (Å²) in [7, 11) is -3.65. The lowest BCUT2D eigenvalue weighted by Gasteiger charge is -2.25. The van der Waals surface area contributed by atoms with Gasteiger partial charge in [-0.05, 0) is 35.6 Å². The number of thiophene rings is 1. The maximum absolute atomic E-state index is 12.5. The number of amides is 3. The average molecular weight is 398 g/mol. The van der Waals surface area contributed by atoms with E-state index in [1.54, 1.807) is 30.4 Å². The first-order valence-corrected chi connectivity index (χ1v) is 10.2. The Labute approximate surface area is 157 Å². The third kappa shape index (κ3) is 5.30. The summed E-state index contributed by atoms with van der Waals surface area (Å²) in [5, 5.41) is 4.15. The Morgan fingerprint density at radius 3 is 2.42 bits per heavy atom. The summed E-state index contributed by atoms with van der Waals surface area (Å²) >= 11 is 1.63. The predicted molar refractivity (Wildman–Crippen MR) is 103 cm³/mol. The van der Waals surface area contributed by atoms with Crippen molar-refractivity contribution in [2.24, 2.45) is 11.5 Å². The highest BCUT2D eigenvalue weighted by Gasteiger charge is 2.27. The summed E-state index contributed by atoms with van der Waals surface area (Å²) in [5.41, 5.74) is 10.4. The zero-order chi connectivity index (χ0) is 20.0. The van der Waals surface area contributed by atoms with Crippen LogP contribution >= 0.6 is 11.3 Å². The van der Waals surface area contributed by atoms with Crippen LogP contribution in [0.1, 0.15) is 29.9 Å². The molecule has 0 fully saturated rings. The van der Waals surface area contributed by atoms with Crippen LogP contribution in [-0.4, -0.2) is 26.7 Å². The van der Waals surface area contributed by atoms with Crippen molar-refractivity contribution in [3.8, 4) is 0 Å². The lowest BCUT2D eigenvalue weighted by atomic mass is 9.83. The maximum atomic E-state index is 12.5. The van der Waals surface area contributed by atoms with Crippen LogP contribution in [-0.2, 0) is 20.0 Å². The van der Waals surface area contributed by atoms with Crippen LogP contribution in [0.5, 0.6) is 0 Å². The second-order valence-electron chi connectivity index (χ2n) is 6.02. The van der Waals surface area contributed by atoms with Gasteiger partial charge in [-0.1, -0.05) is 32.0 Å². The fraction of sp³-hybridized carbons (Fsp3) is 0.294. The van der Waals surface area contributed by atoms with Gasteiger partial charge < -0.3 is 16.8 Å². The van der Waals surface area contributed by atoms with Gasteiger partial charge in [0.2, 0.25) is 6.41 Å². The number of benzene rings is 1. The molecule has 1 heterocycles. The minimum atomic E-state index is -3.65. The molecule has 7 nitrogen and oxygen atoms in total. The molecule has 0 saturated heterocycles. The molecule has 5 N–H and O–H groups in total. The third-order valence-corrected chi connectivity index (χ3v) is 6.65. The van der Waals surface area contributed by atoms with Gasteiger partial charge in [0.15, 0.2) is 9.84 Å². The van der Waals surface area contributed by atoms with E-state index in [1.807, 2.05) is 23.6 Å². The summed E-state index contributed by atoms with van der Waals surface area (Å²) in [4.78, 5) is 20.7. The van der Waals surface area contributed by atoms with Crippen molar-refractivity contribution in [2.75, 3.05) is 5.88 Å². The average Bonchev–Trinajstić information content (AvgIpc) is 3.09. The van der Waals surface area contributed by atoms with Crippen LogP contribution in [0.3, 0.4) is 0 Å². The van der Waals surface area contributed by atoms with Gasteiger partial charge in [0.1, 0.15) is 5.88 Å². The lowest BCUT2D eigenvalue weighted by Crippen LogP contribution is -2.34. The zero-order valence-corrected chi connectivity index (χ0v) is 16.5. The summed E-state index contributed by atoms with van der Waals surface area (Å²) in [6.07, 6.45) is 0.250. The van der Waals surface area contributed by atoms with Crippen molar-refractivity contribution >= 4 is 33.6 Å². The Bertz CT molecular complexity index is 860. The van der Waals surface area contributed by atoms with E-state index >= 15 is 0 Å². The molecule has 142 valence electrons. The Hall–Kier alpha value is -2.39. The van der Waals surface area contributed by atoms with Crippen molar-refractivity contribution in [3.05, 3.63) is 51.7 Å². The van der Waals surface area contributed by atoms with E-state index in [1.165, 1.54) is 0 Å². The first-order chi connectivity index (χ1) is 12.1. The third-order valence-electron chi connectivity index (χ3n) is 3.82. The highest BCUT2D eigenvalue weighted by molar-refractivity contribution is 7.91. The summed E-state index contributed by atoms with van der Waals surface area (Å²) in [6.45, 7) is 5.85. The van der Waals surface area contributed by atoms with Crippen molar-refractivity contribution in [2.45, 2.75) is 31.1 Å². The largest absolute Gasteiger partial charge is 0.372 e. The zero-order valence-electron chi connectivity index (χ0n) is 14.9. The van der Waals surface area contributed by atoms with Crippen LogP contribution < -0.4 is 16.8 Å². The molecule has 9 heteroatoms. The molecular formula is C17H23N3O4S2. The number of hydrogen-bond acceptors (Lipinski definition) is 5. The van der Waals surface area contributed by atoms with Gasteiger partial charge in [-0.2, -0.15) is 0 Å². The smallest absolute Gasteiger partial charge is 0.313 e. The van der Waals surface area contributed by atoms with E-state index < -0.39 is 21.7 Å². The Morgan fingerprint density at radius 1 is 1.31 bits per heavy atom. The number of primary amides is 2. The quantitative estimate of drug-likeness (QED) is 0.664. The van der Waals surface area contributed by atoms with Gasteiger partial charge in [-0.25, -0.2) is 13.2 Å². The fourth-order valence-corrected chi connectivity index (χ4v) is 4.57. The second-order valence-corrected chi connectivity index (χ2v) is 8.92. The highest BCUT2D eigenvalue weighted by Crippen LogP contribution is 2.35. The molecule has 2 rings (SSSR count). The molecule has 0 aliphatic carbocycles. The number of carbonyl (C=O) groups is 2. The van der Waals surface area contributed by atoms with Gasteiger partial charge in [0.05, 0.1) is 4.90 Å². The van der Waals surface area contributed by atoms with E-state index in [2.05, 4.69) is 24.9 Å². The minimum absolute atomic E-state index is 0.216. The molecule has 0 saturated carbocycles. The van der Waals surface area contributed by atoms with E-state index in [9.17, 15) is 13.2 Å². The van der Waals surface area contributed by atoms with Gasteiger partial charge >= 0.3 is 6.03 Å². The molecule has 0 bridgehead atoms. The van der Waals surface area contributed by atoms with Crippen LogP contribution in [0.2, 0.25) is 0 Å². The van der Waals surface area contributed by atoms with E-state index in [4.69, 9.17) is 10.5 Å².